The molecule has 342 valence electrons. The lowest BCUT2D eigenvalue weighted by Gasteiger charge is -2.30. The largest absolute Gasteiger partial charge is 0.453 e. The van der Waals surface area contributed by atoms with Crippen molar-refractivity contribution < 1.29 is 8.83 Å². The summed E-state index contributed by atoms with van der Waals surface area (Å²) in [6.07, 6.45) is 0. The minimum Gasteiger partial charge on any atom is -0.453 e. The average Bonchev–Trinajstić information content (AvgIpc) is 4.00. The first-order valence-electron chi connectivity index (χ1n) is 24.8. The number of furan rings is 2. The van der Waals surface area contributed by atoms with Crippen LogP contribution >= 0.6 is 0 Å². The molecule has 0 N–H and O–H groups in total. The predicted octanol–water partition coefficient (Wildman–Crippen LogP) is 19.9. The van der Waals surface area contributed by atoms with Crippen LogP contribution in [0.5, 0.6) is 0 Å². The third-order valence-corrected chi connectivity index (χ3v) is 14.9. The van der Waals surface area contributed by atoms with E-state index in [2.05, 4.69) is 256 Å². The summed E-state index contributed by atoms with van der Waals surface area (Å²) in [6.45, 7) is 8.77. The summed E-state index contributed by atoms with van der Waals surface area (Å²) in [7, 11) is 0. The van der Waals surface area contributed by atoms with E-state index in [-0.39, 0.29) is 0 Å². The average molecular weight is 925 g/mol. The Bertz CT molecular complexity index is 4160. The van der Waals surface area contributed by atoms with Crippen LogP contribution in [0.25, 0.3) is 98.4 Å². The van der Waals surface area contributed by atoms with Gasteiger partial charge in [-0.05, 0) is 108 Å². The lowest BCUT2D eigenvalue weighted by atomic mass is 9.91. The fraction of sp³-hybridized carbons (Fsp3) is 0.0588. The molecule has 4 heteroatoms. The molecule has 0 bridgehead atoms. The van der Waals surface area contributed by atoms with Gasteiger partial charge in [0.05, 0.1) is 22.7 Å². The summed E-state index contributed by atoms with van der Waals surface area (Å²) in [6, 6.07) is 79.2. The van der Waals surface area contributed by atoms with Crippen LogP contribution in [-0.2, 0) is 0 Å². The highest BCUT2D eigenvalue weighted by Crippen LogP contribution is 2.52. The summed E-state index contributed by atoms with van der Waals surface area (Å²) < 4.78 is 14.3. The highest BCUT2D eigenvalue weighted by atomic mass is 16.3. The van der Waals surface area contributed by atoms with Crippen molar-refractivity contribution in [2.75, 3.05) is 9.80 Å². The monoisotopic (exact) mass is 924 g/mol. The third kappa shape index (κ3) is 6.39. The first-order chi connectivity index (χ1) is 35.4. The second-order valence-corrected chi connectivity index (χ2v) is 19.5. The number of nitrogens with zero attached hydrogens (tertiary/aromatic N) is 2. The van der Waals surface area contributed by atoms with Gasteiger partial charge in [0.25, 0.3) is 0 Å². The molecule has 2 aromatic heterocycles. The van der Waals surface area contributed by atoms with Crippen molar-refractivity contribution in [1.82, 2.24) is 0 Å². The highest BCUT2D eigenvalue weighted by Gasteiger charge is 2.27. The Morgan fingerprint density at radius 1 is 0.278 bits per heavy atom. The summed E-state index contributed by atoms with van der Waals surface area (Å²) in [4.78, 5) is 4.87. The van der Waals surface area contributed by atoms with Gasteiger partial charge >= 0.3 is 0 Å². The van der Waals surface area contributed by atoms with Gasteiger partial charge in [0.1, 0.15) is 11.2 Å². The normalized spacial score (nSPS) is 11.9. The molecule has 0 radical (unpaired) electrons. The van der Waals surface area contributed by atoms with Crippen molar-refractivity contribution in [3.63, 3.8) is 0 Å². The molecule has 14 rings (SSSR count). The fourth-order valence-electron chi connectivity index (χ4n) is 11.7. The second kappa shape index (κ2) is 16.2. The molecule has 0 aliphatic rings. The maximum Gasteiger partial charge on any atom is 0.159 e. The van der Waals surface area contributed by atoms with E-state index in [4.69, 9.17) is 8.83 Å². The van der Waals surface area contributed by atoms with E-state index in [1.165, 1.54) is 43.8 Å². The Morgan fingerprint density at radius 2 is 0.653 bits per heavy atom. The highest BCUT2D eigenvalue weighted by molar-refractivity contribution is 6.29. The van der Waals surface area contributed by atoms with Gasteiger partial charge in [-0.2, -0.15) is 0 Å². The molecular weight excluding hydrogens is 877 g/mol. The molecule has 0 saturated heterocycles. The van der Waals surface area contributed by atoms with E-state index >= 15 is 0 Å². The van der Waals surface area contributed by atoms with Crippen LogP contribution in [0.1, 0.15) is 22.3 Å². The molecule has 0 aliphatic heterocycles. The summed E-state index contributed by atoms with van der Waals surface area (Å²) in [5, 5.41) is 11.5. The van der Waals surface area contributed by atoms with Gasteiger partial charge in [-0.1, -0.05) is 193 Å². The second-order valence-electron chi connectivity index (χ2n) is 19.5. The van der Waals surface area contributed by atoms with Gasteiger partial charge in [-0.15, -0.1) is 0 Å². The van der Waals surface area contributed by atoms with Crippen LogP contribution in [-0.4, -0.2) is 0 Å². The first-order valence-corrected chi connectivity index (χ1v) is 24.8. The van der Waals surface area contributed by atoms with Crippen molar-refractivity contribution in [2.24, 2.45) is 0 Å². The zero-order valence-corrected chi connectivity index (χ0v) is 40.5. The minimum absolute atomic E-state index is 0.851. The van der Waals surface area contributed by atoms with E-state index in [9.17, 15) is 0 Å². The smallest absolute Gasteiger partial charge is 0.159 e. The molecule has 0 atom stereocenters. The Labute approximate surface area is 417 Å². The van der Waals surface area contributed by atoms with Gasteiger partial charge in [0.2, 0.25) is 0 Å². The molecule has 0 aliphatic carbocycles. The fourth-order valence-corrected chi connectivity index (χ4v) is 11.7. The number of anilines is 6. The van der Waals surface area contributed by atoms with Crippen LogP contribution in [0, 0.1) is 27.7 Å². The number of hydrogen-bond acceptors (Lipinski definition) is 4. The number of benzene rings is 12. The van der Waals surface area contributed by atoms with Crippen molar-refractivity contribution in [3.8, 4) is 22.3 Å². The number of para-hydroxylation sites is 4. The van der Waals surface area contributed by atoms with Gasteiger partial charge in [0.15, 0.2) is 11.2 Å². The molecule has 0 saturated carbocycles. The summed E-state index contributed by atoms with van der Waals surface area (Å²) in [5.41, 5.74) is 19.0. The number of aryl methyl sites for hydroxylation is 4. The quantitative estimate of drug-likeness (QED) is 0.142. The predicted molar refractivity (Wildman–Crippen MR) is 304 cm³/mol. The molecule has 2 heterocycles. The Balaban J connectivity index is 1.02. The molecule has 4 nitrogen and oxygen atoms in total. The lowest BCUT2D eigenvalue weighted by Crippen LogP contribution is -2.13. The zero-order chi connectivity index (χ0) is 48.2. The minimum atomic E-state index is 0.851. The van der Waals surface area contributed by atoms with Gasteiger partial charge in [0, 0.05) is 54.8 Å². The van der Waals surface area contributed by atoms with Crippen molar-refractivity contribution >= 4 is 110 Å². The van der Waals surface area contributed by atoms with Gasteiger partial charge < -0.3 is 18.6 Å². The standard InChI is InChI=1S/C68H48N2O2/c1-41-27-35-57(43(3)39-41)69(61-25-13-23-53-51-21-11-19-49(65(51)71-67(53)61)45-15-7-5-8-16-45)59-37-31-47-30-34-56-60(38-32-48-29-33-55(59)63(47)64(48)56)70(58-36-28-42(2)40-44(58)4)62-26-14-24-54-52-22-12-20-50(66(52)72-68(54)62)46-17-9-6-10-18-46/h5-40H,1-4H3. The Hall–Kier alpha value is -9.12. The van der Waals surface area contributed by atoms with E-state index in [1.54, 1.807) is 0 Å². The van der Waals surface area contributed by atoms with Crippen molar-refractivity contribution in [3.05, 3.63) is 241 Å². The third-order valence-electron chi connectivity index (χ3n) is 14.9. The molecule has 14 aromatic rings. The van der Waals surface area contributed by atoms with E-state index < -0.39 is 0 Å². The van der Waals surface area contributed by atoms with Crippen molar-refractivity contribution in [1.29, 1.82) is 0 Å². The summed E-state index contributed by atoms with van der Waals surface area (Å²) >= 11 is 0. The SMILES string of the molecule is Cc1ccc(N(c2ccc3ccc4c(N(c5ccc(C)cc5C)c5cccc6c5oc5c(-c7ccccc7)cccc56)ccc5ccc2c3c54)c2cccc3c2oc2c(-c4ccccc4)cccc23)c(C)c1. The number of rotatable bonds is 8. The van der Waals surface area contributed by atoms with Crippen molar-refractivity contribution in [2.45, 2.75) is 27.7 Å². The van der Waals surface area contributed by atoms with Crippen LogP contribution in [0.2, 0.25) is 0 Å². The maximum absolute atomic E-state index is 7.15. The lowest BCUT2D eigenvalue weighted by molar-refractivity contribution is 0.670. The number of fused-ring (bicyclic) bond motifs is 6. The van der Waals surface area contributed by atoms with Gasteiger partial charge in [-0.25, -0.2) is 0 Å². The molecule has 0 unspecified atom stereocenters. The molecule has 12 aromatic carbocycles. The van der Waals surface area contributed by atoms with Crippen LogP contribution in [0.3, 0.4) is 0 Å². The molecule has 72 heavy (non-hydrogen) atoms. The Morgan fingerprint density at radius 3 is 1.07 bits per heavy atom. The number of hydrogen-bond donors (Lipinski definition) is 0. The van der Waals surface area contributed by atoms with E-state index in [0.717, 1.165) is 111 Å². The summed E-state index contributed by atoms with van der Waals surface area (Å²) in [5.74, 6) is 0. The van der Waals surface area contributed by atoms with Crippen LogP contribution in [0.4, 0.5) is 34.1 Å². The molecular formula is C68H48N2O2. The maximum atomic E-state index is 7.15. The van der Waals surface area contributed by atoms with Crippen LogP contribution < -0.4 is 9.80 Å². The van der Waals surface area contributed by atoms with E-state index in [1.807, 2.05) is 0 Å². The first kappa shape index (κ1) is 41.8. The molecule has 0 spiro atoms. The zero-order valence-electron chi connectivity index (χ0n) is 40.5. The molecule has 0 fully saturated rings. The van der Waals surface area contributed by atoms with E-state index in [0.29, 0.717) is 0 Å². The Kier molecular flexibility index (Phi) is 9.43. The van der Waals surface area contributed by atoms with Gasteiger partial charge in [-0.3, -0.25) is 0 Å². The molecule has 0 amide bonds. The topological polar surface area (TPSA) is 32.8 Å². The van der Waals surface area contributed by atoms with Crippen LogP contribution in [0.15, 0.2) is 227 Å².